The lowest BCUT2D eigenvalue weighted by molar-refractivity contribution is 0.178. The molecule has 1 aromatic rings. The van der Waals surface area contributed by atoms with Crippen molar-refractivity contribution in [3.63, 3.8) is 0 Å². The Labute approximate surface area is 123 Å². The molecule has 1 aliphatic carbocycles. The van der Waals surface area contributed by atoms with Crippen molar-refractivity contribution in [1.29, 1.82) is 0 Å². The topological polar surface area (TPSA) is 109 Å². The van der Waals surface area contributed by atoms with Gasteiger partial charge < -0.3 is 16.2 Å². The molecule has 114 valence electrons. The van der Waals surface area contributed by atoms with Gasteiger partial charge in [-0.1, -0.05) is 0 Å². The van der Waals surface area contributed by atoms with E-state index in [1.807, 2.05) is 0 Å². The summed E-state index contributed by atoms with van der Waals surface area (Å²) >= 11 is 1.05. The van der Waals surface area contributed by atoms with Gasteiger partial charge in [-0.3, -0.25) is 0 Å². The molecule has 1 fully saturated rings. The highest BCUT2D eigenvalue weighted by molar-refractivity contribution is 7.89. The molecule has 2 unspecified atom stereocenters. The summed E-state index contributed by atoms with van der Waals surface area (Å²) in [5.74, 6) is 0.376. The van der Waals surface area contributed by atoms with E-state index in [0.717, 1.165) is 35.1 Å². The van der Waals surface area contributed by atoms with E-state index in [0.29, 0.717) is 17.5 Å². The fourth-order valence-corrected chi connectivity index (χ4v) is 4.39. The number of aliphatic hydroxyl groups is 1. The molecule has 2 atom stereocenters. The van der Waals surface area contributed by atoms with Gasteiger partial charge in [-0.2, -0.15) is 4.37 Å². The molecule has 0 bridgehead atoms. The van der Waals surface area contributed by atoms with Crippen molar-refractivity contribution < 1.29 is 13.5 Å². The van der Waals surface area contributed by atoms with Crippen LogP contribution in [-0.4, -0.2) is 48.9 Å². The van der Waals surface area contributed by atoms with Crippen molar-refractivity contribution in [2.45, 2.75) is 30.3 Å². The van der Waals surface area contributed by atoms with Crippen molar-refractivity contribution in [2.24, 2.45) is 5.92 Å². The molecule has 4 N–H and O–H groups in total. The fourth-order valence-electron chi connectivity index (χ4n) is 2.31. The first-order valence-corrected chi connectivity index (χ1v) is 8.63. The highest BCUT2D eigenvalue weighted by Gasteiger charge is 2.29. The second-order valence-corrected chi connectivity index (χ2v) is 8.09. The van der Waals surface area contributed by atoms with Gasteiger partial charge in [0, 0.05) is 20.6 Å². The number of sulfonamides is 1. The van der Waals surface area contributed by atoms with Crippen molar-refractivity contribution >= 4 is 32.4 Å². The van der Waals surface area contributed by atoms with Crippen LogP contribution in [0, 0.1) is 5.92 Å². The van der Waals surface area contributed by atoms with Crippen LogP contribution in [0.25, 0.3) is 0 Å². The molecule has 0 aromatic carbocycles. The maximum absolute atomic E-state index is 12.2. The zero-order valence-corrected chi connectivity index (χ0v) is 13.2. The van der Waals surface area contributed by atoms with Gasteiger partial charge in [-0.25, -0.2) is 12.7 Å². The lowest BCUT2D eigenvalue weighted by Gasteiger charge is -2.14. The minimum absolute atomic E-state index is 0.0256. The Kier molecular flexibility index (Phi) is 4.52. The number of rotatable bonds is 5. The first kappa shape index (κ1) is 15.5. The summed E-state index contributed by atoms with van der Waals surface area (Å²) < 4.78 is 29.5. The van der Waals surface area contributed by atoms with E-state index in [1.54, 1.807) is 0 Å². The van der Waals surface area contributed by atoms with Crippen molar-refractivity contribution in [1.82, 2.24) is 8.68 Å². The predicted octanol–water partition coefficient (Wildman–Crippen LogP) is 0.548. The molecule has 1 aromatic heterocycles. The van der Waals surface area contributed by atoms with Gasteiger partial charge in [-0.15, -0.1) is 0 Å². The number of nitrogens with two attached hydrogens (primary N) is 1. The second-order valence-electron chi connectivity index (χ2n) is 5.23. The van der Waals surface area contributed by atoms with Crippen LogP contribution in [0.2, 0.25) is 0 Å². The molecular formula is C11H20N4O3S2. The van der Waals surface area contributed by atoms with E-state index >= 15 is 0 Å². The highest BCUT2D eigenvalue weighted by Crippen LogP contribution is 2.34. The summed E-state index contributed by atoms with van der Waals surface area (Å²) in [7, 11) is -0.683. The molecule has 0 aliphatic heterocycles. The highest BCUT2D eigenvalue weighted by atomic mass is 32.2. The molecule has 7 nitrogen and oxygen atoms in total. The third kappa shape index (κ3) is 3.05. The van der Waals surface area contributed by atoms with E-state index in [9.17, 15) is 13.5 Å². The number of nitrogen functional groups attached to an aromatic ring is 1. The molecule has 9 heteroatoms. The maximum Gasteiger partial charge on any atom is 0.249 e. The molecule has 20 heavy (non-hydrogen) atoms. The standard InChI is InChI=1S/C11H20N4O3S2/c1-15(2)20(17,18)9-10(12)14-19-11(9)13-6-7-3-4-8(16)5-7/h7-8,13,16H,3-6H2,1-2H3,(H2,12,14). The molecule has 1 saturated carbocycles. The molecule has 0 amide bonds. The van der Waals surface area contributed by atoms with E-state index in [1.165, 1.54) is 14.1 Å². The Morgan fingerprint density at radius 1 is 1.50 bits per heavy atom. The molecule has 0 spiro atoms. The largest absolute Gasteiger partial charge is 0.393 e. The van der Waals surface area contributed by atoms with Gasteiger partial charge in [0.05, 0.1) is 6.10 Å². The van der Waals surface area contributed by atoms with E-state index < -0.39 is 10.0 Å². The summed E-state index contributed by atoms with van der Waals surface area (Å²) in [5.41, 5.74) is 5.68. The van der Waals surface area contributed by atoms with Crippen LogP contribution in [0.15, 0.2) is 4.90 Å². The average molecular weight is 320 g/mol. The molecule has 0 saturated heterocycles. The van der Waals surface area contributed by atoms with Crippen molar-refractivity contribution in [3.8, 4) is 0 Å². The lowest BCUT2D eigenvalue weighted by atomic mass is 10.1. The summed E-state index contributed by atoms with van der Waals surface area (Å²) in [6.45, 7) is 0.620. The fraction of sp³-hybridized carbons (Fsp3) is 0.727. The first-order chi connectivity index (χ1) is 9.32. The van der Waals surface area contributed by atoms with Crippen molar-refractivity contribution in [2.75, 3.05) is 31.7 Å². The average Bonchev–Trinajstić information content (AvgIpc) is 2.93. The number of aliphatic hydroxyl groups excluding tert-OH is 1. The zero-order valence-electron chi connectivity index (χ0n) is 11.5. The molecule has 2 rings (SSSR count). The zero-order chi connectivity index (χ0) is 14.9. The Morgan fingerprint density at radius 2 is 2.20 bits per heavy atom. The molecule has 1 heterocycles. The molecule has 1 aliphatic rings. The van der Waals surface area contributed by atoms with Gasteiger partial charge in [0.15, 0.2) is 10.7 Å². The third-order valence-electron chi connectivity index (χ3n) is 3.48. The number of nitrogens with one attached hydrogen (secondary N) is 1. The quantitative estimate of drug-likeness (QED) is 0.731. The van der Waals surface area contributed by atoms with Gasteiger partial charge in [0.1, 0.15) is 5.00 Å². The monoisotopic (exact) mass is 320 g/mol. The van der Waals surface area contributed by atoms with Gasteiger partial charge in [0.2, 0.25) is 10.0 Å². The number of anilines is 2. The van der Waals surface area contributed by atoms with E-state index in [2.05, 4.69) is 9.69 Å². The minimum Gasteiger partial charge on any atom is -0.393 e. The van der Waals surface area contributed by atoms with Crippen LogP contribution in [0.4, 0.5) is 10.8 Å². The lowest BCUT2D eigenvalue weighted by Crippen LogP contribution is -2.24. The Hall–Kier alpha value is -0.900. The molecular weight excluding hydrogens is 300 g/mol. The first-order valence-electron chi connectivity index (χ1n) is 6.42. The number of aromatic nitrogens is 1. The SMILES string of the molecule is CN(C)S(=O)(=O)c1c(N)nsc1NCC1CCC(O)C1. The molecule has 0 radical (unpaired) electrons. The predicted molar refractivity (Wildman–Crippen MR) is 79.2 cm³/mol. The van der Waals surface area contributed by atoms with Gasteiger partial charge in [-0.05, 0) is 36.7 Å². The van der Waals surface area contributed by atoms with Crippen LogP contribution in [0.1, 0.15) is 19.3 Å². The van der Waals surface area contributed by atoms with Crippen molar-refractivity contribution in [3.05, 3.63) is 0 Å². The van der Waals surface area contributed by atoms with Gasteiger partial charge >= 0.3 is 0 Å². The Morgan fingerprint density at radius 3 is 2.75 bits per heavy atom. The normalized spacial score (nSPS) is 23.4. The number of nitrogens with zero attached hydrogens (tertiary/aromatic N) is 2. The minimum atomic E-state index is -3.61. The Bertz CT molecular complexity index is 570. The van der Waals surface area contributed by atoms with Gasteiger partial charge in [0.25, 0.3) is 0 Å². The summed E-state index contributed by atoms with van der Waals surface area (Å²) in [4.78, 5) is 0.0473. The van der Waals surface area contributed by atoms with E-state index in [-0.39, 0.29) is 16.8 Å². The van der Waals surface area contributed by atoms with Crippen LogP contribution < -0.4 is 11.1 Å². The smallest absolute Gasteiger partial charge is 0.249 e. The maximum atomic E-state index is 12.2. The van der Waals surface area contributed by atoms with Crippen LogP contribution in [0.5, 0.6) is 0 Å². The Balaban J connectivity index is 2.14. The number of hydrogen-bond donors (Lipinski definition) is 3. The van der Waals surface area contributed by atoms with Crippen LogP contribution in [-0.2, 0) is 10.0 Å². The summed E-state index contributed by atoms with van der Waals surface area (Å²) in [6.07, 6.45) is 2.26. The van der Waals surface area contributed by atoms with Crippen LogP contribution >= 0.6 is 11.5 Å². The van der Waals surface area contributed by atoms with E-state index in [4.69, 9.17) is 5.73 Å². The summed E-state index contributed by atoms with van der Waals surface area (Å²) in [5, 5.41) is 13.1. The number of hydrogen-bond acceptors (Lipinski definition) is 7. The van der Waals surface area contributed by atoms with Crippen LogP contribution in [0.3, 0.4) is 0 Å². The summed E-state index contributed by atoms with van der Waals surface area (Å²) in [6, 6.07) is 0. The third-order valence-corrected chi connectivity index (χ3v) is 6.32. The second kappa shape index (κ2) is 5.84.